The van der Waals surface area contributed by atoms with Crippen molar-refractivity contribution in [2.45, 2.75) is 84.0 Å². The molecule has 8 rings (SSSR count). The monoisotopic (exact) mass is 588 g/mol. The molecule has 0 amide bonds. The van der Waals surface area contributed by atoms with Crippen LogP contribution in [0.1, 0.15) is 102 Å². The predicted octanol–water partition coefficient (Wildman–Crippen LogP) is 5.47. The summed E-state index contributed by atoms with van der Waals surface area (Å²) in [4.78, 5) is 16.1. The maximum atomic E-state index is 13.4. The standard InChI is InChI=1S/C39H46N3O2/c1-2-40-18-8-17-34(43)26-13-7-14-27(23-26)35-32-24-28-11-3-5-19-41-21-9-15-30(36(28)41)38(32)44-39-31-16-10-22-42-20-6-4-12-29(37(31)42)25-33(35)39/h7,13-14,23-25,40H,2-6,8-12,15-22H2,1H3/q+1. The third-order valence-corrected chi connectivity index (χ3v) is 10.7. The number of benzene rings is 3. The van der Waals surface area contributed by atoms with E-state index in [1.54, 1.807) is 0 Å². The number of ether oxygens (including phenoxy) is 1. The molecule has 5 aliphatic rings. The second kappa shape index (κ2) is 11.8. The van der Waals surface area contributed by atoms with Gasteiger partial charge < -0.3 is 15.0 Å². The lowest BCUT2D eigenvalue weighted by Gasteiger charge is -2.35. The van der Waals surface area contributed by atoms with E-state index >= 15 is 0 Å². The minimum Gasteiger partial charge on any atom is -0.455 e. The van der Waals surface area contributed by atoms with Gasteiger partial charge in [-0.05, 0) is 100 Å². The van der Waals surface area contributed by atoms with Gasteiger partial charge >= 0.3 is 0 Å². The number of Topliss-reactive ketones (excluding diaryl/α,β-unsaturated/α-hetero) is 1. The Labute approximate surface area is 261 Å². The fraction of sp³-hybridized carbons (Fsp3) is 0.487. The van der Waals surface area contributed by atoms with Crippen molar-refractivity contribution in [2.24, 2.45) is 0 Å². The minimum absolute atomic E-state index is 0.234. The van der Waals surface area contributed by atoms with Crippen LogP contribution >= 0.6 is 0 Å². The number of fused-ring (bicyclic) bond motifs is 4. The van der Waals surface area contributed by atoms with E-state index in [1.165, 1.54) is 88.2 Å². The van der Waals surface area contributed by atoms with Crippen molar-refractivity contribution >= 4 is 17.0 Å². The van der Waals surface area contributed by atoms with Gasteiger partial charge in [-0.3, -0.25) is 4.79 Å². The molecule has 5 heteroatoms. The van der Waals surface area contributed by atoms with Crippen molar-refractivity contribution in [3.05, 3.63) is 85.9 Å². The average Bonchev–Trinajstić information content (AvgIpc) is 3.40. The summed E-state index contributed by atoms with van der Waals surface area (Å²) >= 11 is 0. The Morgan fingerprint density at radius 2 is 1.73 bits per heavy atom. The van der Waals surface area contributed by atoms with Crippen LogP contribution in [-0.4, -0.2) is 45.1 Å². The van der Waals surface area contributed by atoms with Crippen LogP contribution in [0.15, 0.2) is 36.4 Å². The third kappa shape index (κ3) is 4.79. The Kier molecular flexibility index (Phi) is 7.54. The zero-order chi connectivity index (χ0) is 29.6. The summed E-state index contributed by atoms with van der Waals surface area (Å²) in [6.45, 7) is 8.54. The number of hydrogen-bond donors (Lipinski definition) is 1. The zero-order valence-corrected chi connectivity index (χ0v) is 26.4. The molecule has 0 atom stereocenters. The van der Waals surface area contributed by atoms with Gasteiger partial charge in [-0.2, -0.15) is 0 Å². The molecular weight excluding hydrogens is 542 g/mol. The van der Waals surface area contributed by atoms with E-state index in [-0.39, 0.29) is 5.78 Å². The highest BCUT2D eigenvalue weighted by atomic mass is 16.5. The van der Waals surface area contributed by atoms with Crippen molar-refractivity contribution in [1.29, 1.82) is 0 Å². The highest BCUT2D eigenvalue weighted by Gasteiger charge is 2.35. The highest BCUT2D eigenvalue weighted by Crippen LogP contribution is 2.48. The van der Waals surface area contributed by atoms with E-state index in [9.17, 15) is 4.79 Å². The number of nitrogens with one attached hydrogen (secondary N) is 1. The van der Waals surface area contributed by atoms with Gasteiger partial charge in [0, 0.05) is 71.1 Å². The van der Waals surface area contributed by atoms with Crippen LogP contribution < -0.4 is 30.1 Å². The molecule has 0 bridgehead atoms. The number of ketones is 1. The summed E-state index contributed by atoms with van der Waals surface area (Å²) in [5, 5.41) is 6.06. The molecule has 0 spiro atoms. The molecule has 5 nitrogen and oxygen atoms in total. The summed E-state index contributed by atoms with van der Waals surface area (Å²) in [7, 11) is 0. The number of rotatable bonds is 7. The number of carbonyl (C=O) groups excluding carboxylic acids is 1. The van der Waals surface area contributed by atoms with Crippen LogP contribution in [0.3, 0.4) is 0 Å². The molecule has 3 aromatic rings. The Morgan fingerprint density at radius 3 is 2.66 bits per heavy atom. The van der Waals surface area contributed by atoms with E-state index in [2.05, 4.69) is 52.0 Å². The average molecular weight is 589 g/mol. The van der Waals surface area contributed by atoms with Crippen LogP contribution in [0, 0.1) is 0 Å². The molecule has 3 aromatic carbocycles. The molecule has 0 radical (unpaired) electrons. The van der Waals surface area contributed by atoms with Gasteiger partial charge in [-0.25, -0.2) is 4.58 Å². The lowest BCUT2D eigenvalue weighted by Crippen LogP contribution is -2.41. The number of nitrogens with zero attached hydrogens (tertiary/aromatic N) is 2. The SMILES string of the molecule is CCNCCCC(=O)c1cccc(C2=c3cc4c5c(c3Oc3c2cc2c6c3CCCN6CCCC2)CCC[N+]=5CCCC4)c1. The van der Waals surface area contributed by atoms with Gasteiger partial charge in [0.2, 0.25) is 5.36 Å². The molecule has 1 N–H and O–H groups in total. The predicted molar refractivity (Wildman–Crippen MR) is 178 cm³/mol. The summed E-state index contributed by atoms with van der Waals surface area (Å²) in [5.41, 5.74) is 11.7. The Hall–Kier alpha value is -3.44. The van der Waals surface area contributed by atoms with Gasteiger partial charge in [0.1, 0.15) is 24.6 Å². The number of hydrogen-bond acceptors (Lipinski definition) is 4. The first kappa shape index (κ1) is 28.1. The molecule has 5 heterocycles. The molecule has 0 fully saturated rings. The van der Waals surface area contributed by atoms with Crippen molar-refractivity contribution in [3.63, 3.8) is 0 Å². The topological polar surface area (TPSA) is 44.6 Å². The van der Waals surface area contributed by atoms with Crippen molar-refractivity contribution in [1.82, 2.24) is 9.89 Å². The number of aryl methyl sites for hydroxylation is 2. The fourth-order valence-electron chi connectivity index (χ4n) is 8.68. The molecule has 0 saturated heterocycles. The van der Waals surface area contributed by atoms with Crippen LogP contribution in [0.4, 0.5) is 5.69 Å². The normalized spacial score (nSPS) is 18.3. The molecule has 0 aliphatic carbocycles. The van der Waals surface area contributed by atoms with E-state index in [4.69, 9.17) is 4.74 Å². The maximum absolute atomic E-state index is 13.4. The summed E-state index contributed by atoms with van der Waals surface area (Å²) in [6, 6.07) is 13.5. The van der Waals surface area contributed by atoms with Crippen molar-refractivity contribution < 1.29 is 9.53 Å². The largest absolute Gasteiger partial charge is 0.455 e. The van der Waals surface area contributed by atoms with Crippen molar-refractivity contribution in [2.75, 3.05) is 44.2 Å². The molecular formula is C39H46N3O2+. The first-order valence-electron chi connectivity index (χ1n) is 17.5. The van der Waals surface area contributed by atoms with Crippen LogP contribution in [0.2, 0.25) is 0 Å². The number of anilines is 1. The van der Waals surface area contributed by atoms with Gasteiger partial charge in [0.05, 0.1) is 5.56 Å². The smallest absolute Gasteiger partial charge is 0.210 e. The molecule has 0 saturated carbocycles. The van der Waals surface area contributed by atoms with E-state index in [1.807, 2.05) is 6.07 Å². The molecule has 5 aliphatic heterocycles. The van der Waals surface area contributed by atoms with Gasteiger partial charge in [0.15, 0.2) is 5.78 Å². The van der Waals surface area contributed by atoms with Gasteiger partial charge in [-0.15, -0.1) is 0 Å². The lowest BCUT2D eigenvalue weighted by molar-refractivity contribution is 0.0980. The van der Waals surface area contributed by atoms with Crippen LogP contribution in [-0.2, 0) is 25.7 Å². The zero-order valence-electron chi connectivity index (χ0n) is 26.4. The molecule has 0 unspecified atom stereocenters. The Bertz CT molecular complexity index is 1770. The second-order valence-corrected chi connectivity index (χ2v) is 13.5. The van der Waals surface area contributed by atoms with E-state index in [0.717, 1.165) is 94.0 Å². The Balaban J connectivity index is 1.38. The second-order valence-electron chi connectivity index (χ2n) is 13.5. The first-order chi connectivity index (χ1) is 21.7. The van der Waals surface area contributed by atoms with Crippen molar-refractivity contribution in [3.8, 4) is 11.5 Å². The molecule has 44 heavy (non-hydrogen) atoms. The fourth-order valence-corrected chi connectivity index (χ4v) is 8.68. The first-order valence-corrected chi connectivity index (χ1v) is 17.5. The quantitative estimate of drug-likeness (QED) is 0.177. The third-order valence-electron chi connectivity index (χ3n) is 10.7. The molecule has 0 aromatic heterocycles. The van der Waals surface area contributed by atoms with Gasteiger partial charge in [-0.1, -0.05) is 25.1 Å². The number of carbonyl (C=O) groups is 1. The van der Waals surface area contributed by atoms with Crippen LogP contribution in [0.25, 0.3) is 5.57 Å². The lowest BCUT2D eigenvalue weighted by atomic mass is 9.84. The van der Waals surface area contributed by atoms with E-state index < -0.39 is 0 Å². The summed E-state index contributed by atoms with van der Waals surface area (Å²) in [5.74, 6) is 2.41. The van der Waals surface area contributed by atoms with E-state index in [0.29, 0.717) is 6.42 Å². The van der Waals surface area contributed by atoms with Gasteiger partial charge in [0.25, 0.3) is 0 Å². The summed E-state index contributed by atoms with van der Waals surface area (Å²) in [6.07, 6.45) is 13.2. The van der Waals surface area contributed by atoms with Crippen LogP contribution in [0.5, 0.6) is 11.5 Å². The maximum Gasteiger partial charge on any atom is 0.210 e. The molecule has 228 valence electrons. The highest BCUT2D eigenvalue weighted by molar-refractivity contribution is 5.98. The Morgan fingerprint density at radius 1 is 0.886 bits per heavy atom. The minimum atomic E-state index is 0.234. The summed E-state index contributed by atoms with van der Waals surface area (Å²) < 4.78 is 9.91.